The third kappa shape index (κ3) is 15.5. The van der Waals surface area contributed by atoms with Gasteiger partial charge in [-0.3, -0.25) is 4.79 Å². The topological polar surface area (TPSA) is 168 Å². The van der Waals surface area contributed by atoms with E-state index in [2.05, 4.69) is 9.97 Å². The Balaban J connectivity index is 0.000000310. The number of allylic oxidation sites excluding steroid dienone is 1. The van der Waals surface area contributed by atoms with Crippen LogP contribution in [0.5, 0.6) is 0 Å². The van der Waals surface area contributed by atoms with Crippen LogP contribution in [-0.2, 0) is 25.4 Å². The van der Waals surface area contributed by atoms with Crippen molar-refractivity contribution in [3.8, 4) is 0 Å². The quantitative estimate of drug-likeness (QED) is 0.0593. The number of carbonyl (C=O) groups is 5. The molecule has 0 spiro atoms. The highest BCUT2D eigenvalue weighted by Gasteiger charge is 2.20. The van der Waals surface area contributed by atoms with E-state index in [0.29, 0.717) is 46.5 Å². The number of nitrogens with zero attached hydrogens (tertiary/aromatic N) is 2. The summed E-state index contributed by atoms with van der Waals surface area (Å²) in [5.41, 5.74) is 4.05. The van der Waals surface area contributed by atoms with Crippen LogP contribution in [0.15, 0.2) is 78.9 Å². The number of rotatable bonds is 13. The molecule has 12 heteroatoms. The van der Waals surface area contributed by atoms with Gasteiger partial charge in [0.2, 0.25) is 0 Å². The zero-order chi connectivity index (χ0) is 43.2. The first-order chi connectivity index (χ1) is 27.2. The van der Waals surface area contributed by atoms with E-state index in [9.17, 15) is 29.1 Å². The second kappa shape index (κ2) is 20.9. The predicted octanol–water partition coefficient (Wildman–Crippen LogP) is 8.61. The van der Waals surface area contributed by atoms with E-state index in [-0.39, 0.29) is 36.4 Å². The zero-order valence-corrected chi connectivity index (χ0v) is 35.0. The van der Waals surface area contributed by atoms with Crippen LogP contribution in [0.25, 0.3) is 6.08 Å². The Kier molecular flexibility index (Phi) is 16.7. The summed E-state index contributed by atoms with van der Waals surface area (Å²) in [6.07, 6.45) is 3.40. The Hall–Kier alpha value is -6.01. The minimum atomic E-state index is -0.740. The Morgan fingerprint density at radius 3 is 1.59 bits per heavy atom. The lowest BCUT2D eigenvalue weighted by Crippen LogP contribution is -2.23. The van der Waals surface area contributed by atoms with Crippen molar-refractivity contribution in [2.75, 3.05) is 13.2 Å². The molecule has 0 fully saturated rings. The molecule has 0 radical (unpaired) electrons. The van der Waals surface area contributed by atoms with E-state index >= 15 is 0 Å². The molecule has 0 saturated carbocycles. The molecule has 0 saturated heterocycles. The van der Waals surface area contributed by atoms with E-state index in [1.54, 1.807) is 88.4 Å². The SMILES string of the molecule is CCOC(=O)c1cc(C(=O)/C=C/c2ccc(C(=O)OC(C)(C)C)cc2)cc(C)n1.CCOC(=O)c1cc(C(O)CCc2ccc(C(=O)OC(C)(C)C)cc2)cc(C)n1. The van der Waals surface area contributed by atoms with E-state index in [0.717, 1.165) is 11.1 Å². The maximum Gasteiger partial charge on any atom is 0.356 e. The number of ketones is 1. The number of aryl methyl sites for hydroxylation is 3. The molecule has 2 aromatic carbocycles. The van der Waals surface area contributed by atoms with Crippen molar-refractivity contribution in [2.45, 2.75) is 99.4 Å². The Labute approximate surface area is 340 Å². The molecule has 12 nitrogen and oxygen atoms in total. The van der Waals surface area contributed by atoms with Crippen molar-refractivity contribution in [3.05, 3.63) is 135 Å². The number of ether oxygens (including phenoxy) is 4. The van der Waals surface area contributed by atoms with E-state index in [1.165, 1.54) is 12.1 Å². The third-order valence-electron chi connectivity index (χ3n) is 7.83. The van der Waals surface area contributed by atoms with Crippen molar-refractivity contribution in [2.24, 2.45) is 0 Å². The summed E-state index contributed by atoms with van der Waals surface area (Å²) in [6.45, 7) is 18.3. The third-order valence-corrected chi connectivity index (χ3v) is 7.83. The fourth-order valence-corrected chi connectivity index (χ4v) is 5.27. The lowest BCUT2D eigenvalue weighted by molar-refractivity contribution is 0.00570. The van der Waals surface area contributed by atoms with Gasteiger partial charge in [0.1, 0.15) is 22.6 Å². The predicted molar refractivity (Wildman–Crippen MR) is 220 cm³/mol. The van der Waals surface area contributed by atoms with Gasteiger partial charge >= 0.3 is 23.9 Å². The molecule has 2 aromatic heterocycles. The molecule has 308 valence electrons. The first-order valence-corrected chi connectivity index (χ1v) is 19.1. The number of benzene rings is 2. The molecule has 4 rings (SSSR count). The van der Waals surface area contributed by atoms with Crippen molar-refractivity contribution in [1.29, 1.82) is 0 Å². The van der Waals surface area contributed by atoms with Crippen LogP contribution in [0.2, 0.25) is 0 Å². The summed E-state index contributed by atoms with van der Waals surface area (Å²) in [5.74, 6) is -2.09. The van der Waals surface area contributed by atoms with E-state index < -0.39 is 35.2 Å². The summed E-state index contributed by atoms with van der Waals surface area (Å²) in [7, 11) is 0. The van der Waals surface area contributed by atoms with Gasteiger partial charge in [0.15, 0.2) is 5.78 Å². The van der Waals surface area contributed by atoms with Crippen molar-refractivity contribution < 1.29 is 48.0 Å². The smallest absolute Gasteiger partial charge is 0.356 e. The molecule has 0 aliphatic heterocycles. The summed E-state index contributed by atoms with van der Waals surface area (Å²) >= 11 is 0. The highest BCUT2D eigenvalue weighted by atomic mass is 16.6. The van der Waals surface area contributed by atoms with Crippen LogP contribution in [0.1, 0.15) is 148 Å². The summed E-state index contributed by atoms with van der Waals surface area (Å²) in [6, 6.07) is 20.3. The Morgan fingerprint density at radius 2 is 1.10 bits per heavy atom. The second-order valence-corrected chi connectivity index (χ2v) is 15.3. The van der Waals surface area contributed by atoms with Crippen LogP contribution in [0.3, 0.4) is 0 Å². The monoisotopic (exact) mass is 794 g/mol. The summed E-state index contributed by atoms with van der Waals surface area (Å²) in [5, 5.41) is 10.6. The number of carbonyl (C=O) groups excluding carboxylic acids is 5. The van der Waals surface area contributed by atoms with Crippen LogP contribution in [-0.4, -0.2) is 69.2 Å². The second-order valence-electron chi connectivity index (χ2n) is 15.3. The molecule has 2 heterocycles. The number of aromatic nitrogens is 2. The maximum absolute atomic E-state index is 12.5. The Morgan fingerprint density at radius 1 is 0.638 bits per heavy atom. The molecule has 58 heavy (non-hydrogen) atoms. The number of hydrogen-bond acceptors (Lipinski definition) is 12. The largest absolute Gasteiger partial charge is 0.461 e. The molecule has 0 amide bonds. The highest BCUT2D eigenvalue weighted by Crippen LogP contribution is 2.22. The zero-order valence-electron chi connectivity index (χ0n) is 35.0. The molecule has 1 atom stereocenters. The van der Waals surface area contributed by atoms with Crippen LogP contribution in [0.4, 0.5) is 0 Å². The van der Waals surface area contributed by atoms with Crippen molar-refractivity contribution in [1.82, 2.24) is 9.97 Å². The van der Waals surface area contributed by atoms with Gasteiger partial charge in [0.25, 0.3) is 0 Å². The van der Waals surface area contributed by atoms with Crippen LogP contribution < -0.4 is 0 Å². The number of aliphatic hydroxyl groups excluding tert-OH is 1. The molecule has 1 N–H and O–H groups in total. The lowest BCUT2D eigenvalue weighted by atomic mass is 10.00. The molecule has 0 aliphatic carbocycles. The minimum Gasteiger partial charge on any atom is -0.461 e. The Bertz CT molecular complexity index is 2090. The van der Waals surface area contributed by atoms with Gasteiger partial charge in [0, 0.05) is 17.0 Å². The molecule has 1 unspecified atom stereocenters. The highest BCUT2D eigenvalue weighted by molar-refractivity contribution is 6.07. The van der Waals surface area contributed by atoms with E-state index in [1.807, 2.05) is 53.7 Å². The molecular weight excluding hydrogens is 741 g/mol. The fraction of sp³-hybridized carbons (Fsp3) is 0.370. The average molecular weight is 795 g/mol. The molecular formula is C46H54N2O10. The maximum atomic E-state index is 12.5. The van der Waals surface area contributed by atoms with Crippen molar-refractivity contribution >= 4 is 35.7 Å². The van der Waals surface area contributed by atoms with Crippen LogP contribution >= 0.6 is 0 Å². The first kappa shape index (κ1) is 46.4. The van der Waals surface area contributed by atoms with Gasteiger partial charge in [-0.25, -0.2) is 29.1 Å². The number of aliphatic hydroxyl groups is 1. The number of esters is 4. The lowest BCUT2D eigenvalue weighted by Gasteiger charge is -2.19. The van der Waals surface area contributed by atoms with E-state index in [4.69, 9.17) is 18.9 Å². The standard InChI is InChI=1S/C23H29NO5.C23H25NO5/c2*1-6-28-22(27)19-14-18(13-15(2)24-19)20(25)12-9-16-7-10-17(11-8-16)21(26)29-23(3,4)5/h7-8,10-11,13-14,20,25H,6,9,12H2,1-5H3;7-14H,6H2,1-5H3/b;12-9+. The fourth-order valence-electron chi connectivity index (χ4n) is 5.27. The molecule has 4 aromatic rings. The van der Waals surface area contributed by atoms with Gasteiger partial charge in [0.05, 0.1) is 30.4 Å². The molecule has 0 aliphatic rings. The van der Waals surface area contributed by atoms with Gasteiger partial charge in [-0.2, -0.15) is 0 Å². The summed E-state index contributed by atoms with van der Waals surface area (Å²) < 4.78 is 20.6. The normalized spacial score (nSPS) is 11.8. The van der Waals surface area contributed by atoms with Gasteiger partial charge in [-0.15, -0.1) is 0 Å². The number of hydrogen-bond donors (Lipinski definition) is 1. The van der Waals surface area contributed by atoms with Gasteiger partial charge in [-0.05, 0) is 153 Å². The average Bonchev–Trinajstić information content (AvgIpc) is 3.15. The number of pyridine rings is 2. The van der Waals surface area contributed by atoms with Crippen molar-refractivity contribution in [3.63, 3.8) is 0 Å². The van der Waals surface area contributed by atoms with Gasteiger partial charge in [-0.1, -0.05) is 30.3 Å². The first-order valence-electron chi connectivity index (χ1n) is 19.1. The summed E-state index contributed by atoms with van der Waals surface area (Å²) in [4.78, 5) is 68.7. The van der Waals surface area contributed by atoms with Gasteiger partial charge < -0.3 is 24.1 Å². The minimum absolute atomic E-state index is 0.102. The van der Waals surface area contributed by atoms with Crippen LogP contribution in [0, 0.1) is 13.8 Å². The molecule has 0 bridgehead atoms.